The number of nitrogens with zero attached hydrogens (tertiary/aromatic N) is 1. The highest BCUT2D eigenvalue weighted by Crippen LogP contribution is 2.18. The Labute approximate surface area is 115 Å². The number of rotatable bonds is 6. The molecule has 2 rings (SSSR count). The zero-order valence-corrected chi connectivity index (χ0v) is 12.0. The quantitative estimate of drug-likeness (QED) is 0.826. The summed E-state index contributed by atoms with van der Waals surface area (Å²) in [5.74, 6) is 0.132. The molecule has 0 radical (unpaired) electrons. The number of nitrogens with one attached hydrogen (secondary N) is 2. The minimum Gasteiger partial charge on any atom is -0.352 e. The van der Waals surface area contributed by atoms with Crippen molar-refractivity contribution in [2.24, 2.45) is 0 Å². The number of carbonyl (C=O) groups excluding carboxylic acids is 1. The van der Waals surface area contributed by atoms with Crippen LogP contribution in [0.25, 0.3) is 0 Å². The van der Waals surface area contributed by atoms with E-state index in [1.165, 1.54) is 18.5 Å². The maximum absolute atomic E-state index is 12.0. The number of hydrogen-bond acceptors (Lipinski definition) is 2. The highest BCUT2D eigenvalue weighted by molar-refractivity contribution is 5.76. The summed E-state index contributed by atoms with van der Waals surface area (Å²) in [7, 11) is 0. The first kappa shape index (κ1) is 14.1. The van der Waals surface area contributed by atoms with Crippen LogP contribution in [0.4, 0.5) is 0 Å². The van der Waals surface area contributed by atoms with E-state index in [4.69, 9.17) is 0 Å². The standard InChI is InChI=1S/C15H25N3O/c1-3-16-12(2)14-9-6-10-18(14)11-15(19)17-13-7-4-5-8-13/h6,9-10,12-13,16H,3-5,7-8,11H2,1-2H3,(H,17,19). The van der Waals surface area contributed by atoms with Crippen LogP contribution in [0, 0.1) is 0 Å². The minimum absolute atomic E-state index is 0.132. The lowest BCUT2D eigenvalue weighted by Gasteiger charge is -2.17. The third-order valence-electron chi connectivity index (χ3n) is 3.85. The Morgan fingerprint density at radius 2 is 2.21 bits per heavy atom. The summed E-state index contributed by atoms with van der Waals surface area (Å²) in [6.45, 7) is 5.58. The van der Waals surface area contributed by atoms with Gasteiger partial charge in [0.05, 0.1) is 0 Å². The molecule has 4 nitrogen and oxygen atoms in total. The SMILES string of the molecule is CCNC(C)c1cccn1CC(=O)NC1CCCC1. The molecule has 1 aliphatic rings. The summed E-state index contributed by atoms with van der Waals surface area (Å²) in [5, 5.41) is 6.52. The second-order valence-electron chi connectivity index (χ2n) is 5.39. The van der Waals surface area contributed by atoms with E-state index < -0.39 is 0 Å². The molecule has 1 amide bonds. The maximum atomic E-state index is 12.0. The largest absolute Gasteiger partial charge is 0.352 e. The molecule has 19 heavy (non-hydrogen) atoms. The molecule has 1 unspecified atom stereocenters. The van der Waals surface area contributed by atoms with E-state index in [1.54, 1.807) is 0 Å². The summed E-state index contributed by atoms with van der Waals surface area (Å²) in [4.78, 5) is 12.0. The van der Waals surface area contributed by atoms with E-state index in [0.29, 0.717) is 12.6 Å². The average molecular weight is 263 g/mol. The Morgan fingerprint density at radius 1 is 1.47 bits per heavy atom. The number of hydrogen-bond donors (Lipinski definition) is 2. The Kier molecular flexibility index (Phi) is 5.02. The van der Waals surface area contributed by atoms with Crippen LogP contribution in [0.5, 0.6) is 0 Å². The van der Waals surface area contributed by atoms with Crippen molar-refractivity contribution in [2.75, 3.05) is 6.54 Å². The van der Waals surface area contributed by atoms with Crippen molar-refractivity contribution in [1.29, 1.82) is 0 Å². The zero-order chi connectivity index (χ0) is 13.7. The van der Waals surface area contributed by atoms with E-state index in [-0.39, 0.29) is 11.9 Å². The minimum atomic E-state index is 0.132. The fourth-order valence-electron chi connectivity index (χ4n) is 2.87. The van der Waals surface area contributed by atoms with Crippen LogP contribution in [-0.4, -0.2) is 23.1 Å². The molecule has 106 valence electrons. The fraction of sp³-hybridized carbons (Fsp3) is 0.667. The van der Waals surface area contributed by atoms with E-state index in [0.717, 1.165) is 19.4 Å². The molecule has 1 aliphatic carbocycles. The van der Waals surface area contributed by atoms with E-state index >= 15 is 0 Å². The van der Waals surface area contributed by atoms with Gasteiger partial charge in [-0.1, -0.05) is 19.8 Å². The molecule has 0 spiro atoms. The molecule has 0 aliphatic heterocycles. The van der Waals surface area contributed by atoms with Gasteiger partial charge in [-0.25, -0.2) is 0 Å². The first-order valence-electron chi connectivity index (χ1n) is 7.38. The fourth-order valence-corrected chi connectivity index (χ4v) is 2.87. The van der Waals surface area contributed by atoms with Crippen molar-refractivity contribution in [2.45, 2.75) is 58.2 Å². The summed E-state index contributed by atoms with van der Waals surface area (Å²) in [6, 6.07) is 4.76. The lowest BCUT2D eigenvalue weighted by molar-refractivity contribution is -0.122. The molecule has 0 saturated heterocycles. The molecule has 4 heteroatoms. The van der Waals surface area contributed by atoms with E-state index in [2.05, 4.69) is 30.5 Å². The van der Waals surface area contributed by atoms with Crippen LogP contribution in [0.15, 0.2) is 18.3 Å². The van der Waals surface area contributed by atoms with Crippen LogP contribution < -0.4 is 10.6 Å². The van der Waals surface area contributed by atoms with Gasteiger partial charge in [0.25, 0.3) is 0 Å². The second-order valence-corrected chi connectivity index (χ2v) is 5.39. The Hall–Kier alpha value is -1.29. The van der Waals surface area contributed by atoms with Gasteiger partial charge in [-0.15, -0.1) is 0 Å². The van der Waals surface area contributed by atoms with Gasteiger partial charge in [0.1, 0.15) is 6.54 Å². The monoisotopic (exact) mass is 263 g/mol. The van der Waals surface area contributed by atoms with Gasteiger partial charge in [-0.05, 0) is 38.4 Å². The van der Waals surface area contributed by atoms with Crippen molar-refractivity contribution in [3.8, 4) is 0 Å². The highest BCUT2D eigenvalue weighted by atomic mass is 16.2. The van der Waals surface area contributed by atoms with E-state index in [1.807, 2.05) is 16.8 Å². The lowest BCUT2D eigenvalue weighted by atomic mass is 10.2. The summed E-state index contributed by atoms with van der Waals surface area (Å²) in [5.41, 5.74) is 1.17. The third kappa shape index (κ3) is 3.83. The molecular formula is C15H25N3O. The Balaban J connectivity index is 1.91. The van der Waals surface area contributed by atoms with Crippen molar-refractivity contribution in [1.82, 2.24) is 15.2 Å². The second kappa shape index (κ2) is 6.75. The molecule has 1 heterocycles. The highest BCUT2D eigenvalue weighted by Gasteiger charge is 2.18. The topological polar surface area (TPSA) is 46.1 Å². The first-order chi connectivity index (χ1) is 9.20. The maximum Gasteiger partial charge on any atom is 0.240 e. The number of amides is 1. The number of aromatic nitrogens is 1. The normalized spacial score (nSPS) is 17.6. The number of carbonyl (C=O) groups is 1. The van der Waals surface area contributed by atoms with Crippen LogP contribution in [0.1, 0.15) is 51.3 Å². The summed E-state index contributed by atoms with van der Waals surface area (Å²) < 4.78 is 2.04. The van der Waals surface area contributed by atoms with Gasteiger partial charge in [0.2, 0.25) is 5.91 Å². The smallest absolute Gasteiger partial charge is 0.240 e. The predicted octanol–water partition coefficient (Wildman–Crippen LogP) is 2.22. The Bertz CT molecular complexity index is 407. The molecule has 0 aromatic carbocycles. The molecule has 2 N–H and O–H groups in total. The van der Waals surface area contributed by atoms with Gasteiger partial charge in [0.15, 0.2) is 0 Å². The molecule has 1 aromatic rings. The van der Waals surface area contributed by atoms with Crippen molar-refractivity contribution in [3.63, 3.8) is 0 Å². The van der Waals surface area contributed by atoms with Gasteiger partial charge >= 0.3 is 0 Å². The molecule has 0 bridgehead atoms. The molecule has 1 aromatic heterocycles. The van der Waals surface area contributed by atoms with Gasteiger partial charge in [-0.2, -0.15) is 0 Å². The molecule has 1 saturated carbocycles. The Morgan fingerprint density at radius 3 is 2.89 bits per heavy atom. The average Bonchev–Trinajstić information content (AvgIpc) is 3.00. The summed E-state index contributed by atoms with van der Waals surface area (Å²) in [6.07, 6.45) is 6.75. The van der Waals surface area contributed by atoms with Crippen LogP contribution >= 0.6 is 0 Å². The van der Waals surface area contributed by atoms with Crippen LogP contribution in [-0.2, 0) is 11.3 Å². The van der Waals surface area contributed by atoms with Crippen molar-refractivity contribution < 1.29 is 4.79 Å². The summed E-state index contributed by atoms with van der Waals surface area (Å²) >= 11 is 0. The van der Waals surface area contributed by atoms with Crippen LogP contribution in [0.3, 0.4) is 0 Å². The zero-order valence-electron chi connectivity index (χ0n) is 12.0. The molecule has 1 fully saturated rings. The molecule has 1 atom stereocenters. The lowest BCUT2D eigenvalue weighted by Crippen LogP contribution is -2.35. The molecular weight excluding hydrogens is 238 g/mol. The first-order valence-corrected chi connectivity index (χ1v) is 7.38. The van der Waals surface area contributed by atoms with Gasteiger partial charge in [-0.3, -0.25) is 4.79 Å². The van der Waals surface area contributed by atoms with Gasteiger partial charge < -0.3 is 15.2 Å². The van der Waals surface area contributed by atoms with Gasteiger partial charge in [0, 0.05) is 24.0 Å². The third-order valence-corrected chi connectivity index (χ3v) is 3.85. The van der Waals surface area contributed by atoms with Crippen molar-refractivity contribution in [3.05, 3.63) is 24.0 Å². The van der Waals surface area contributed by atoms with Crippen molar-refractivity contribution >= 4 is 5.91 Å². The van der Waals surface area contributed by atoms with E-state index in [9.17, 15) is 4.79 Å². The van der Waals surface area contributed by atoms with Crippen LogP contribution in [0.2, 0.25) is 0 Å². The predicted molar refractivity (Wildman–Crippen MR) is 76.9 cm³/mol.